The van der Waals surface area contributed by atoms with Gasteiger partial charge in [-0.2, -0.15) is 0 Å². The van der Waals surface area contributed by atoms with Crippen LogP contribution in [0.3, 0.4) is 0 Å². The van der Waals surface area contributed by atoms with Gasteiger partial charge in [0, 0.05) is 11.9 Å². The van der Waals surface area contributed by atoms with E-state index in [1.54, 1.807) is 23.0 Å². The Morgan fingerprint density at radius 2 is 2.00 bits per heavy atom. The molecule has 23 heavy (non-hydrogen) atoms. The molecular formula is C17H22N4OS. The lowest BCUT2D eigenvalue weighted by molar-refractivity contribution is 0.218. The fourth-order valence-electron chi connectivity index (χ4n) is 3.75. The molecule has 1 atom stereocenters. The van der Waals surface area contributed by atoms with E-state index in [1.807, 2.05) is 11.3 Å². The standard InChI is InChI=1S/C17H22N4OS/c1-9-18-19-16-20(5)14(22)13-11-7-6-10(17(2,3)4)8-12(11)23-15(13)21(9)16/h10H,6-8H2,1-5H3/t10-/m1/s1. The van der Waals surface area contributed by atoms with Crippen molar-refractivity contribution < 1.29 is 0 Å². The van der Waals surface area contributed by atoms with Gasteiger partial charge in [-0.15, -0.1) is 21.5 Å². The molecule has 0 spiro atoms. The van der Waals surface area contributed by atoms with E-state index in [0.29, 0.717) is 17.1 Å². The zero-order valence-corrected chi connectivity index (χ0v) is 15.1. The van der Waals surface area contributed by atoms with Gasteiger partial charge in [0.1, 0.15) is 10.7 Å². The third-order valence-corrected chi connectivity index (χ3v) is 6.54. The van der Waals surface area contributed by atoms with E-state index in [9.17, 15) is 4.79 Å². The summed E-state index contributed by atoms with van der Waals surface area (Å²) in [5.41, 5.74) is 1.63. The Balaban J connectivity index is 2.04. The molecule has 0 radical (unpaired) electrons. The van der Waals surface area contributed by atoms with Crippen LogP contribution in [0.4, 0.5) is 0 Å². The number of fused-ring (bicyclic) bond motifs is 5. The van der Waals surface area contributed by atoms with Crippen LogP contribution in [0.1, 0.15) is 43.5 Å². The van der Waals surface area contributed by atoms with Gasteiger partial charge in [-0.25, -0.2) is 0 Å². The first kappa shape index (κ1) is 14.9. The quantitative estimate of drug-likeness (QED) is 0.636. The summed E-state index contributed by atoms with van der Waals surface area (Å²) in [7, 11) is 1.79. The molecule has 3 aromatic rings. The van der Waals surface area contributed by atoms with Crippen molar-refractivity contribution >= 4 is 27.3 Å². The summed E-state index contributed by atoms with van der Waals surface area (Å²) < 4.78 is 3.66. The average Bonchev–Trinajstić information content (AvgIpc) is 3.03. The van der Waals surface area contributed by atoms with Crippen molar-refractivity contribution in [3.05, 3.63) is 26.6 Å². The fraction of sp³-hybridized carbons (Fsp3) is 0.588. The molecule has 0 saturated carbocycles. The van der Waals surface area contributed by atoms with E-state index in [4.69, 9.17) is 0 Å². The average molecular weight is 330 g/mol. The molecule has 1 aliphatic rings. The first-order valence-corrected chi connectivity index (χ1v) is 8.95. The SMILES string of the molecule is Cc1nnc2n(C)c(=O)c3c4c(sc3n12)C[C@H](C(C)(C)C)CC4. The summed E-state index contributed by atoms with van der Waals surface area (Å²) in [4.78, 5) is 15.2. The minimum atomic E-state index is 0.0617. The van der Waals surface area contributed by atoms with E-state index < -0.39 is 0 Å². The lowest BCUT2D eigenvalue weighted by atomic mass is 9.72. The number of hydrogen-bond donors (Lipinski definition) is 0. The maximum atomic E-state index is 12.9. The molecule has 0 bridgehead atoms. The number of aryl methyl sites for hydroxylation is 3. The Morgan fingerprint density at radius 1 is 1.26 bits per heavy atom. The van der Waals surface area contributed by atoms with Crippen molar-refractivity contribution in [2.75, 3.05) is 0 Å². The van der Waals surface area contributed by atoms with E-state index in [-0.39, 0.29) is 5.56 Å². The van der Waals surface area contributed by atoms with E-state index >= 15 is 0 Å². The maximum absolute atomic E-state index is 12.9. The minimum absolute atomic E-state index is 0.0617. The molecule has 6 heteroatoms. The van der Waals surface area contributed by atoms with Gasteiger partial charge in [0.05, 0.1) is 5.39 Å². The molecule has 0 aromatic carbocycles. The second-order valence-electron chi connectivity index (χ2n) is 7.74. The third-order valence-electron chi connectivity index (χ3n) is 5.30. The van der Waals surface area contributed by atoms with Crippen molar-refractivity contribution in [3.63, 3.8) is 0 Å². The Bertz CT molecular complexity index is 986. The first-order valence-electron chi connectivity index (χ1n) is 8.14. The highest BCUT2D eigenvalue weighted by molar-refractivity contribution is 7.18. The van der Waals surface area contributed by atoms with Gasteiger partial charge in [0.2, 0.25) is 5.78 Å². The Labute approximate surface area is 139 Å². The summed E-state index contributed by atoms with van der Waals surface area (Å²) in [6.45, 7) is 8.89. The highest BCUT2D eigenvalue weighted by Crippen LogP contribution is 2.42. The van der Waals surface area contributed by atoms with Crippen molar-refractivity contribution in [1.82, 2.24) is 19.2 Å². The molecule has 0 fully saturated rings. The van der Waals surface area contributed by atoms with Crippen LogP contribution in [0, 0.1) is 18.3 Å². The topological polar surface area (TPSA) is 52.2 Å². The molecule has 0 saturated heterocycles. The number of hydrogen-bond acceptors (Lipinski definition) is 4. The Morgan fingerprint density at radius 3 is 2.70 bits per heavy atom. The van der Waals surface area contributed by atoms with E-state index in [0.717, 1.165) is 35.3 Å². The van der Waals surface area contributed by atoms with Crippen LogP contribution in [-0.4, -0.2) is 19.2 Å². The number of rotatable bonds is 0. The van der Waals surface area contributed by atoms with E-state index in [2.05, 4.69) is 31.0 Å². The summed E-state index contributed by atoms with van der Waals surface area (Å²) in [5, 5.41) is 9.22. The molecule has 5 nitrogen and oxygen atoms in total. The van der Waals surface area contributed by atoms with Gasteiger partial charge in [-0.3, -0.25) is 13.8 Å². The molecule has 4 rings (SSSR count). The summed E-state index contributed by atoms with van der Waals surface area (Å²) in [6.07, 6.45) is 3.23. The molecule has 0 aliphatic heterocycles. The molecule has 3 aromatic heterocycles. The maximum Gasteiger partial charge on any atom is 0.263 e. The highest BCUT2D eigenvalue weighted by Gasteiger charge is 2.32. The molecule has 122 valence electrons. The summed E-state index contributed by atoms with van der Waals surface area (Å²) >= 11 is 1.76. The molecule has 3 heterocycles. The van der Waals surface area contributed by atoms with Gasteiger partial charge in [-0.05, 0) is 43.1 Å². The van der Waals surface area contributed by atoms with Crippen LogP contribution < -0.4 is 5.56 Å². The zero-order chi connectivity index (χ0) is 16.5. The minimum Gasteiger partial charge on any atom is -0.279 e. The van der Waals surface area contributed by atoms with Gasteiger partial charge < -0.3 is 0 Å². The largest absolute Gasteiger partial charge is 0.279 e. The molecule has 0 N–H and O–H groups in total. The predicted molar refractivity (Wildman–Crippen MR) is 93.3 cm³/mol. The van der Waals surface area contributed by atoms with Gasteiger partial charge >= 0.3 is 0 Å². The zero-order valence-electron chi connectivity index (χ0n) is 14.3. The molecular weight excluding hydrogens is 308 g/mol. The Kier molecular flexibility index (Phi) is 3.01. The second kappa shape index (κ2) is 4.66. The summed E-state index contributed by atoms with van der Waals surface area (Å²) in [5.74, 6) is 2.14. The van der Waals surface area contributed by atoms with Gasteiger partial charge in [0.15, 0.2) is 0 Å². The number of aromatic nitrogens is 4. The van der Waals surface area contributed by atoms with Crippen molar-refractivity contribution in [3.8, 4) is 0 Å². The molecule has 0 amide bonds. The van der Waals surface area contributed by atoms with Crippen LogP contribution in [0.15, 0.2) is 4.79 Å². The van der Waals surface area contributed by atoms with Gasteiger partial charge in [0.25, 0.3) is 5.56 Å². The highest BCUT2D eigenvalue weighted by atomic mass is 32.1. The summed E-state index contributed by atoms with van der Waals surface area (Å²) in [6, 6.07) is 0. The van der Waals surface area contributed by atoms with Crippen molar-refractivity contribution in [2.45, 2.75) is 47.0 Å². The van der Waals surface area contributed by atoms with E-state index in [1.165, 1.54) is 10.4 Å². The van der Waals surface area contributed by atoms with Crippen LogP contribution in [-0.2, 0) is 19.9 Å². The Hall–Kier alpha value is -1.69. The van der Waals surface area contributed by atoms with Crippen LogP contribution in [0.2, 0.25) is 0 Å². The smallest absolute Gasteiger partial charge is 0.263 e. The lowest BCUT2D eigenvalue weighted by Gasteiger charge is -2.33. The lowest BCUT2D eigenvalue weighted by Crippen LogP contribution is -2.27. The molecule has 0 unspecified atom stereocenters. The van der Waals surface area contributed by atoms with Crippen LogP contribution in [0.5, 0.6) is 0 Å². The monoisotopic (exact) mass is 330 g/mol. The number of nitrogens with zero attached hydrogens (tertiary/aromatic N) is 4. The second-order valence-corrected chi connectivity index (χ2v) is 8.82. The van der Waals surface area contributed by atoms with Crippen LogP contribution >= 0.6 is 11.3 Å². The predicted octanol–water partition coefficient (Wildman–Crippen LogP) is 3.10. The molecule has 1 aliphatic carbocycles. The van der Waals surface area contributed by atoms with Gasteiger partial charge in [-0.1, -0.05) is 20.8 Å². The fourth-order valence-corrected chi connectivity index (χ4v) is 5.22. The number of thiophene rings is 1. The van der Waals surface area contributed by atoms with Crippen LogP contribution in [0.25, 0.3) is 16.0 Å². The normalized spacial score (nSPS) is 18.7. The first-order chi connectivity index (χ1) is 10.8. The van der Waals surface area contributed by atoms with Crippen molar-refractivity contribution in [2.24, 2.45) is 18.4 Å². The van der Waals surface area contributed by atoms with Crippen molar-refractivity contribution in [1.29, 1.82) is 0 Å². The third kappa shape index (κ3) is 2.00.